The van der Waals surface area contributed by atoms with E-state index in [2.05, 4.69) is 31.9 Å². The van der Waals surface area contributed by atoms with E-state index in [9.17, 15) is 4.79 Å². The zero-order chi connectivity index (χ0) is 17.5. The third-order valence-electron chi connectivity index (χ3n) is 3.05. The minimum Gasteiger partial charge on any atom is -0.490 e. The lowest BCUT2D eigenvalue weighted by atomic mass is 10.2. The molecule has 6 heteroatoms. The fourth-order valence-electron chi connectivity index (χ4n) is 1.99. The normalized spacial score (nSPS) is 10.8. The van der Waals surface area contributed by atoms with Crippen molar-refractivity contribution in [1.82, 2.24) is 0 Å². The van der Waals surface area contributed by atoms with E-state index < -0.39 is 5.97 Å². The maximum absolute atomic E-state index is 10.7. The molecule has 0 aliphatic heterocycles. The van der Waals surface area contributed by atoms with Gasteiger partial charge in [-0.05, 0) is 64.3 Å². The Morgan fingerprint density at radius 1 is 1.17 bits per heavy atom. The van der Waals surface area contributed by atoms with E-state index in [0.717, 1.165) is 16.1 Å². The van der Waals surface area contributed by atoms with Gasteiger partial charge in [0.15, 0.2) is 11.5 Å². The molecule has 4 nitrogen and oxygen atoms in total. The van der Waals surface area contributed by atoms with Crippen LogP contribution in [0, 0.1) is 0 Å². The number of aliphatic carboxylic acids is 1. The number of halogens is 2. The fraction of sp³-hybridized carbons (Fsp3) is 0.167. The molecule has 0 unspecified atom stereocenters. The largest absolute Gasteiger partial charge is 0.490 e. The Balaban J connectivity index is 2.23. The topological polar surface area (TPSA) is 55.8 Å². The smallest absolute Gasteiger partial charge is 0.328 e. The Morgan fingerprint density at radius 2 is 1.88 bits per heavy atom. The van der Waals surface area contributed by atoms with Crippen LogP contribution in [0.25, 0.3) is 6.08 Å². The standard InChI is InChI=1S/C18H16Br2O4/c1-2-23-16-10-13(5-8-17(21)22)9-15(20)18(16)24-11-12-3-6-14(19)7-4-12/h3-10H,2,11H2,1H3,(H,21,22)/b8-5+. The van der Waals surface area contributed by atoms with Crippen LogP contribution in [0.2, 0.25) is 0 Å². The summed E-state index contributed by atoms with van der Waals surface area (Å²) < 4.78 is 13.2. The Labute approximate surface area is 157 Å². The van der Waals surface area contributed by atoms with Crippen LogP contribution in [-0.2, 0) is 11.4 Å². The molecule has 0 amide bonds. The number of carboxylic acid groups (broad SMARTS) is 1. The molecule has 24 heavy (non-hydrogen) atoms. The first-order valence-corrected chi connectivity index (χ1v) is 8.82. The second kappa shape index (κ2) is 8.89. The molecule has 0 heterocycles. The summed E-state index contributed by atoms with van der Waals surface area (Å²) in [4.78, 5) is 10.7. The third-order valence-corrected chi connectivity index (χ3v) is 4.16. The first-order valence-electron chi connectivity index (χ1n) is 7.24. The van der Waals surface area contributed by atoms with E-state index in [4.69, 9.17) is 14.6 Å². The SMILES string of the molecule is CCOc1cc(/C=C/C(=O)O)cc(Br)c1OCc1ccc(Br)cc1. The highest BCUT2D eigenvalue weighted by Crippen LogP contribution is 2.37. The van der Waals surface area contributed by atoms with E-state index in [0.29, 0.717) is 34.7 Å². The minimum absolute atomic E-state index is 0.399. The maximum Gasteiger partial charge on any atom is 0.328 e. The number of carboxylic acids is 1. The van der Waals surface area contributed by atoms with Crippen molar-refractivity contribution in [3.8, 4) is 11.5 Å². The maximum atomic E-state index is 10.7. The molecule has 2 rings (SSSR count). The monoisotopic (exact) mass is 454 g/mol. The molecule has 0 saturated carbocycles. The summed E-state index contributed by atoms with van der Waals surface area (Å²) in [7, 11) is 0. The van der Waals surface area contributed by atoms with Gasteiger partial charge in [0, 0.05) is 10.5 Å². The highest BCUT2D eigenvalue weighted by Gasteiger charge is 2.12. The van der Waals surface area contributed by atoms with Crippen molar-refractivity contribution < 1.29 is 19.4 Å². The highest BCUT2D eigenvalue weighted by molar-refractivity contribution is 9.10. The van der Waals surface area contributed by atoms with E-state index >= 15 is 0 Å². The highest BCUT2D eigenvalue weighted by atomic mass is 79.9. The third kappa shape index (κ3) is 5.39. The summed E-state index contributed by atoms with van der Waals surface area (Å²) in [6.45, 7) is 2.76. The Hall–Kier alpha value is -1.79. The van der Waals surface area contributed by atoms with Crippen LogP contribution in [0.3, 0.4) is 0 Å². The minimum atomic E-state index is -1.00. The quantitative estimate of drug-likeness (QED) is 0.576. The summed E-state index contributed by atoms with van der Waals surface area (Å²) in [5.41, 5.74) is 1.74. The molecule has 126 valence electrons. The summed E-state index contributed by atoms with van der Waals surface area (Å²) >= 11 is 6.87. The number of carbonyl (C=O) groups is 1. The molecule has 0 aromatic heterocycles. The molecule has 0 spiro atoms. The van der Waals surface area contributed by atoms with Crippen LogP contribution in [0.4, 0.5) is 0 Å². The molecule has 2 aromatic rings. The van der Waals surface area contributed by atoms with Gasteiger partial charge in [-0.3, -0.25) is 0 Å². The number of ether oxygens (including phenoxy) is 2. The molecular formula is C18H16Br2O4. The number of hydrogen-bond acceptors (Lipinski definition) is 3. The molecule has 0 atom stereocenters. The zero-order valence-electron chi connectivity index (χ0n) is 13.0. The number of benzene rings is 2. The van der Waals surface area contributed by atoms with Crippen LogP contribution >= 0.6 is 31.9 Å². The van der Waals surface area contributed by atoms with Crippen molar-refractivity contribution in [3.63, 3.8) is 0 Å². The van der Waals surface area contributed by atoms with Gasteiger partial charge in [-0.25, -0.2) is 4.79 Å². The summed E-state index contributed by atoms with van der Waals surface area (Å²) in [6, 6.07) is 11.4. The summed E-state index contributed by atoms with van der Waals surface area (Å²) in [5.74, 6) is 0.154. The van der Waals surface area contributed by atoms with E-state index in [1.807, 2.05) is 31.2 Å². The zero-order valence-corrected chi connectivity index (χ0v) is 16.1. The molecule has 0 aliphatic rings. The first kappa shape index (κ1) is 18.5. The van der Waals surface area contributed by atoms with Gasteiger partial charge >= 0.3 is 5.97 Å². The predicted octanol–water partition coefficient (Wildman–Crippen LogP) is 5.29. The van der Waals surface area contributed by atoms with Gasteiger partial charge in [0.05, 0.1) is 11.1 Å². The number of hydrogen-bond donors (Lipinski definition) is 1. The van der Waals surface area contributed by atoms with Crippen LogP contribution in [0.15, 0.2) is 51.4 Å². The van der Waals surface area contributed by atoms with Gasteiger partial charge in [0.25, 0.3) is 0 Å². The predicted molar refractivity (Wildman–Crippen MR) is 100 cm³/mol. The molecule has 0 saturated heterocycles. The Kier molecular flexibility index (Phi) is 6.87. The summed E-state index contributed by atoms with van der Waals surface area (Å²) in [5, 5.41) is 8.74. The van der Waals surface area contributed by atoms with Crippen LogP contribution in [-0.4, -0.2) is 17.7 Å². The van der Waals surface area contributed by atoms with Crippen molar-refractivity contribution >= 4 is 43.9 Å². The molecule has 2 aromatic carbocycles. The Bertz CT molecular complexity index is 739. The van der Waals surface area contributed by atoms with E-state index in [1.54, 1.807) is 12.1 Å². The van der Waals surface area contributed by atoms with Gasteiger partial charge < -0.3 is 14.6 Å². The van der Waals surface area contributed by atoms with Crippen LogP contribution in [0.1, 0.15) is 18.1 Å². The number of rotatable bonds is 7. The lowest BCUT2D eigenvalue weighted by Crippen LogP contribution is -2.01. The van der Waals surface area contributed by atoms with E-state index in [-0.39, 0.29) is 0 Å². The molecule has 0 bridgehead atoms. The van der Waals surface area contributed by atoms with Gasteiger partial charge in [-0.15, -0.1) is 0 Å². The molecule has 1 N–H and O–H groups in total. The van der Waals surface area contributed by atoms with Crippen molar-refractivity contribution in [2.45, 2.75) is 13.5 Å². The van der Waals surface area contributed by atoms with E-state index in [1.165, 1.54) is 6.08 Å². The molecule has 0 radical (unpaired) electrons. The fourth-order valence-corrected chi connectivity index (χ4v) is 2.83. The molecular weight excluding hydrogens is 440 g/mol. The lowest BCUT2D eigenvalue weighted by molar-refractivity contribution is -0.131. The Morgan fingerprint density at radius 3 is 2.50 bits per heavy atom. The van der Waals surface area contributed by atoms with Crippen molar-refractivity contribution in [2.24, 2.45) is 0 Å². The average molecular weight is 456 g/mol. The van der Waals surface area contributed by atoms with Gasteiger partial charge in [0.2, 0.25) is 0 Å². The van der Waals surface area contributed by atoms with Crippen molar-refractivity contribution in [3.05, 3.63) is 62.5 Å². The molecule has 0 fully saturated rings. The second-order valence-corrected chi connectivity index (χ2v) is 6.62. The lowest BCUT2D eigenvalue weighted by Gasteiger charge is -2.15. The van der Waals surface area contributed by atoms with Gasteiger partial charge in [0.1, 0.15) is 6.61 Å². The van der Waals surface area contributed by atoms with Gasteiger partial charge in [-0.2, -0.15) is 0 Å². The molecule has 0 aliphatic carbocycles. The van der Waals surface area contributed by atoms with Crippen molar-refractivity contribution in [1.29, 1.82) is 0 Å². The average Bonchev–Trinajstić information content (AvgIpc) is 2.54. The van der Waals surface area contributed by atoms with Crippen LogP contribution < -0.4 is 9.47 Å². The second-order valence-electron chi connectivity index (χ2n) is 4.85. The van der Waals surface area contributed by atoms with Crippen LogP contribution in [0.5, 0.6) is 11.5 Å². The van der Waals surface area contributed by atoms with Crippen molar-refractivity contribution in [2.75, 3.05) is 6.61 Å². The van der Waals surface area contributed by atoms with Gasteiger partial charge in [-0.1, -0.05) is 28.1 Å². The summed E-state index contributed by atoms with van der Waals surface area (Å²) in [6.07, 6.45) is 2.59. The first-order chi connectivity index (χ1) is 11.5.